The highest BCUT2D eigenvalue weighted by atomic mass is 15.4. The van der Waals surface area contributed by atoms with Gasteiger partial charge in [0.1, 0.15) is 12.0 Å². The fourth-order valence-electron chi connectivity index (χ4n) is 2.29. The second-order valence-electron chi connectivity index (χ2n) is 4.63. The topological polar surface area (TPSA) is 56.7 Å². The van der Waals surface area contributed by atoms with E-state index < -0.39 is 0 Å². The number of nitrogens with zero attached hydrogens (tertiary/aromatic N) is 3. The maximum absolute atomic E-state index is 6.03. The molecule has 1 aliphatic heterocycles. The number of aromatic nitrogens is 3. The standard InChI is InChI=1S/C13H16N4/c1-9-4-2-5-10(8-9)13-15-12-7-3-6-11(14)17(12)16-13/h2,4-5,8,11H,3,6-7,14H2,1H3. The second kappa shape index (κ2) is 3.96. The lowest BCUT2D eigenvalue weighted by Crippen LogP contribution is -2.25. The molecule has 3 rings (SSSR count). The average molecular weight is 228 g/mol. The molecule has 0 fully saturated rings. The SMILES string of the molecule is Cc1cccc(-c2nc3n(n2)C(N)CCC3)c1. The average Bonchev–Trinajstić information content (AvgIpc) is 2.74. The van der Waals surface area contributed by atoms with E-state index in [4.69, 9.17) is 5.73 Å². The van der Waals surface area contributed by atoms with E-state index in [0.29, 0.717) is 0 Å². The first kappa shape index (κ1) is 10.5. The molecule has 1 aliphatic rings. The minimum atomic E-state index is -0.00944. The van der Waals surface area contributed by atoms with Gasteiger partial charge in [-0.25, -0.2) is 9.67 Å². The van der Waals surface area contributed by atoms with E-state index in [1.165, 1.54) is 5.56 Å². The number of rotatable bonds is 1. The van der Waals surface area contributed by atoms with Gasteiger partial charge >= 0.3 is 0 Å². The summed E-state index contributed by atoms with van der Waals surface area (Å²) >= 11 is 0. The summed E-state index contributed by atoms with van der Waals surface area (Å²) in [4.78, 5) is 4.58. The van der Waals surface area contributed by atoms with Gasteiger partial charge < -0.3 is 5.73 Å². The molecule has 0 amide bonds. The van der Waals surface area contributed by atoms with Crippen LogP contribution in [0.1, 0.15) is 30.4 Å². The molecule has 0 saturated heterocycles. The van der Waals surface area contributed by atoms with Crippen LogP contribution >= 0.6 is 0 Å². The highest BCUT2D eigenvalue weighted by Crippen LogP contribution is 2.23. The Morgan fingerprint density at radius 2 is 2.29 bits per heavy atom. The molecule has 0 aliphatic carbocycles. The third-order valence-electron chi connectivity index (χ3n) is 3.19. The van der Waals surface area contributed by atoms with E-state index in [1.807, 2.05) is 16.8 Å². The van der Waals surface area contributed by atoms with Gasteiger partial charge in [-0.2, -0.15) is 0 Å². The molecule has 0 spiro atoms. The number of benzene rings is 1. The third kappa shape index (κ3) is 1.85. The highest BCUT2D eigenvalue weighted by Gasteiger charge is 2.20. The molecule has 88 valence electrons. The number of hydrogen-bond donors (Lipinski definition) is 1. The zero-order chi connectivity index (χ0) is 11.8. The summed E-state index contributed by atoms with van der Waals surface area (Å²) in [6, 6.07) is 8.25. The van der Waals surface area contributed by atoms with Gasteiger partial charge in [0.25, 0.3) is 0 Å². The van der Waals surface area contributed by atoms with Crippen LogP contribution in [-0.4, -0.2) is 14.8 Å². The molecular weight excluding hydrogens is 212 g/mol. The van der Waals surface area contributed by atoms with Crippen molar-refractivity contribution in [3.63, 3.8) is 0 Å². The molecule has 0 radical (unpaired) electrons. The van der Waals surface area contributed by atoms with Crippen LogP contribution < -0.4 is 5.73 Å². The maximum Gasteiger partial charge on any atom is 0.181 e. The largest absolute Gasteiger partial charge is 0.310 e. The lowest BCUT2D eigenvalue weighted by atomic mass is 10.1. The normalized spacial score (nSPS) is 19.1. The fourth-order valence-corrected chi connectivity index (χ4v) is 2.29. The maximum atomic E-state index is 6.03. The van der Waals surface area contributed by atoms with Crippen LogP contribution in [0.4, 0.5) is 0 Å². The van der Waals surface area contributed by atoms with Crippen molar-refractivity contribution in [2.24, 2.45) is 5.73 Å². The summed E-state index contributed by atoms with van der Waals surface area (Å²) in [5.41, 5.74) is 8.32. The fraction of sp³-hybridized carbons (Fsp3) is 0.385. The van der Waals surface area contributed by atoms with Crippen LogP contribution in [0.15, 0.2) is 24.3 Å². The van der Waals surface area contributed by atoms with Crippen molar-refractivity contribution in [3.8, 4) is 11.4 Å². The van der Waals surface area contributed by atoms with Crippen molar-refractivity contribution in [2.45, 2.75) is 32.4 Å². The molecule has 4 heteroatoms. The zero-order valence-corrected chi connectivity index (χ0v) is 9.93. The van der Waals surface area contributed by atoms with Gasteiger partial charge in [0.2, 0.25) is 0 Å². The van der Waals surface area contributed by atoms with Crippen molar-refractivity contribution in [3.05, 3.63) is 35.7 Å². The van der Waals surface area contributed by atoms with E-state index in [9.17, 15) is 0 Å². The molecule has 0 bridgehead atoms. The van der Waals surface area contributed by atoms with Crippen molar-refractivity contribution < 1.29 is 0 Å². The Balaban J connectivity index is 2.05. The molecule has 2 N–H and O–H groups in total. The third-order valence-corrected chi connectivity index (χ3v) is 3.19. The highest BCUT2D eigenvalue weighted by molar-refractivity contribution is 5.55. The first-order valence-corrected chi connectivity index (χ1v) is 6.02. The molecule has 2 aromatic rings. The Kier molecular flexibility index (Phi) is 2.44. The second-order valence-corrected chi connectivity index (χ2v) is 4.63. The molecule has 2 heterocycles. The van der Waals surface area contributed by atoms with Gasteiger partial charge in [-0.15, -0.1) is 5.10 Å². The zero-order valence-electron chi connectivity index (χ0n) is 9.93. The van der Waals surface area contributed by atoms with E-state index >= 15 is 0 Å². The quantitative estimate of drug-likeness (QED) is 0.812. The predicted molar refractivity (Wildman–Crippen MR) is 66.4 cm³/mol. The monoisotopic (exact) mass is 228 g/mol. The van der Waals surface area contributed by atoms with Crippen molar-refractivity contribution in [2.75, 3.05) is 0 Å². The molecule has 17 heavy (non-hydrogen) atoms. The first-order chi connectivity index (χ1) is 8.24. The van der Waals surface area contributed by atoms with Crippen LogP contribution in [-0.2, 0) is 6.42 Å². The molecule has 0 saturated carbocycles. The van der Waals surface area contributed by atoms with Gasteiger partial charge in [0, 0.05) is 12.0 Å². The molecule has 1 aromatic carbocycles. The van der Waals surface area contributed by atoms with Crippen LogP contribution in [0, 0.1) is 6.92 Å². The number of nitrogens with two attached hydrogens (primary N) is 1. The molecule has 1 aromatic heterocycles. The van der Waals surface area contributed by atoms with Crippen LogP contribution in [0.3, 0.4) is 0 Å². The van der Waals surface area contributed by atoms with Crippen LogP contribution in [0.5, 0.6) is 0 Å². The lowest BCUT2D eigenvalue weighted by molar-refractivity contribution is 0.373. The Hall–Kier alpha value is -1.68. The lowest BCUT2D eigenvalue weighted by Gasteiger charge is -2.18. The van der Waals surface area contributed by atoms with E-state index in [1.54, 1.807) is 0 Å². The number of aryl methyl sites for hydroxylation is 2. The molecular formula is C13H16N4. The Morgan fingerprint density at radius 3 is 3.06 bits per heavy atom. The van der Waals surface area contributed by atoms with Gasteiger partial charge in [-0.05, 0) is 25.8 Å². The summed E-state index contributed by atoms with van der Waals surface area (Å²) in [7, 11) is 0. The van der Waals surface area contributed by atoms with Gasteiger partial charge in [0.05, 0.1) is 0 Å². The van der Waals surface area contributed by atoms with Crippen molar-refractivity contribution in [1.82, 2.24) is 14.8 Å². The summed E-state index contributed by atoms with van der Waals surface area (Å²) in [6.07, 6.45) is 3.06. The van der Waals surface area contributed by atoms with E-state index in [-0.39, 0.29) is 6.17 Å². The summed E-state index contributed by atoms with van der Waals surface area (Å²) < 4.78 is 1.88. The van der Waals surface area contributed by atoms with E-state index in [2.05, 4.69) is 29.1 Å². The number of hydrogen-bond acceptors (Lipinski definition) is 3. The van der Waals surface area contributed by atoms with Gasteiger partial charge in [-0.1, -0.05) is 23.8 Å². The van der Waals surface area contributed by atoms with Crippen molar-refractivity contribution in [1.29, 1.82) is 0 Å². The molecule has 1 atom stereocenters. The Morgan fingerprint density at radius 1 is 1.41 bits per heavy atom. The van der Waals surface area contributed by atoms with E-state index in [0.717, 1.165) is 36.5 Å². The minimum Gasteiger partial charge on any atom is -0.310 e. The van der Waals surface area contributed by atoms with Crippen LogP contribution in [0.2, 0.25) is 0 Å². The first-order valence-electron chi connectivity index (χ1n) is 6.02. The molecule has 4 nitrogen and oxygen atoms in total. The minimum absolute atomic E-state index is 0.00944. The Bertz CT molecular complexity index is 544. The predicted octanol–water partition coefficient (Wildman–Crippen LogP) is 2.05. The Labute approximate surface area is 100 Å². The number of fused-ring (bicyclic) bond motifs is 1. The van der Waals surface area contributed by atoms with Crippen molar-refractivity contribution >= 4 is 0 Å². The van der Waals surface area contributed by atoms with Gasteiger partial charge in [-0.3, -0.25) is 0 Å². The molecule has 1 unspecified atom stereocenters. The van der Waals surface area contributed by atoms with Gasteiger partial charge in [0.15, 0.2) is 5.82 Å². The summed E-state index contributed by atoms with van der Waals surface area (Å²) in [5.74, 6) is 1.81. The van der Waals surface area contributed by atoms with Crippen LogP contribution in [0.25, 0.3) is 11.4 Å². The smallest absolute Gasteiger partial charge is 0.181 e. The summed E-state index contributed by atoms with van der Waals surface area (Å²) in [6.45, 7) is 2.07. The summed E-state index contributed by atoms with van der Waals surface area (Å²) in [5, 5.41) is 4.52.